The smallest absolute Gasteiger partial charge is 0.314 e. The van der Waals surface area contributed by atoms with Crippen molar-refractivity contribution in [3.8, 4) is 0 Å². The van der Waals surface area contributed by atoms with Crippen LogP contribution in [0.4, 0.5) is 28.0 Å². The van der Waals surface area contributed by atoms with Crippen LogP contribution >= 0.6 is 15.9 Å². The zero-order valence-electron chi connectivity index (χ0n) is 13.9. The summed E-state index contributed by atoms with van der Waals surface area (Å²) in [5.74, 6) is -0.504. The fraction of sp³-hybridized carbons (Fsp3) is 0.333. The zero-order valence-corrected chi connectivity index (χ0v) is 15.4. The summed E-state index contributed by atoms with van der Waals surface area (Å²) in [5, 5.41) is 2.66. The average Bonchev–Trinajstić information content (AvgIpc) is 2.90. The quantitative estimate of drug-likeness (QED) is 0.480. The Labute approximate surface area is 160 Å². The summed E-state index contributed by atoms with van der Waals surface area (Å²) < 4.78 is 52.4. The fourth-order valence-electron chi connectivity index (χ4n) is 3.94. The van der Waals surface area contributed by atoms with Crippen molar-refractivity contribution in [1.29, 1.82) is 0 Å². The summed E-state index contributed by atoms with van der Waals surface area (Å²) >= 11 is 2.90. The minimum atomic E-state index is -4.48. The van der Waals surface area contributed by atoms with Crippen molar-refractivity contribution < 1.29 is 22.4 Å². The highest BCUT2D eigenvalue weighted by Gasteiger charge is 2.43. The van der Waals surface area contributed by atoms with Gasteiger partial charge in [-0.1, -0.05) is 15.9 Å². The van der Waals surface area contributed by atoms with E-state index in [1.165, 1.54) is 18.3 Å². The van der Waals surface area contributed by atoms with Gasteiger partial charge in [-0.3, -0.25) is 0 Å². The van der Waals surface area contributed by atoms with Crippen LogP contribution < -0.4 is 5.32 Å². The maximum atomic E-state index is 14.0. The van der Waals surface area contributed by atoms with Crippen LogP contribution in [0.3, 0.4) is 0 Å². The Morgan fingerprint density at radius 1 is 1.26 bits per heavy atom. The van der Waals surface area contributed by atoms with E-state index < -0.39 is 23.7 Å². The van der Waals surface area contributed by atoms with Gasteiger partial charge in [0, 0.05) is 28.0 Å². The number of carbonyl (C=O) groups excluding carboxylic acids is 1. The predicted molar refractivity (Wildman–Crippen MR) is 93.7 cm³/mol. The van der Waals surface area contributed by atoms with Crippen molar-refractivity contribution in [2.24, 2.45) is 0 Å². The van der Waals surface area contributed by atoms with E-state index in [-0.39, 0.29) is 22.2 Å². The second-order valence-electron chi connectivity index (χ2n) is 6.65. The van der Waals surface area contributed by atoms with Crippen LogP contribution in [-0.4, -0.2) is 22.0 Å². The van der Waals surface area contributed by atoms with Crippen LogP contribution in [0.15, 0.2) is 34.9 Å². The van der Waals surface area contributed by atoms with Gasteiger partial charge < -0.3 is 10.2 Å². The minimum absolute atomic E-state index is 0.145. The molecule has 1 saturated heterocycles. The van der Waals surface area contributed by atoms with Crippen LogP contribution in [0.5, 0.6) is 0 Å². The Morgan fingerprint density at radius 3 is 2.74 bits per heavy atom. The lowest BCUT2D eigenvalue weighted by atomic mass is 9.95. The lowest BCUT2D eigenvalue weighted by molar-refractivity contribution is -0.138. The number of rotatable bonds is 1. The van der Waals surface area contributed by atoms with E-state index in [1.54, 1.807) is 11.0 Å². The van der Waals surface area contributed by atoms with Crippen LogP contribution in [-0.2, 0) is 12.6 Å². The summed E-state index contributed by atoms with van der Waals surface area (Å²) in [6.07, 6.45) is -1.26. The van der Waals surface area contributed by atoms with Crippen molar-refractivity contribution in [3.05, 3.63) is 57.6 Å². The van der Waals surface area contributed by atoms with E-state index in [2.05, 4.69) is 26.2 Å². The third-order valence-electron chi connectivity index (χ3n) is 5.10. The molecular formula is C18H14BrF4N3O. The maximum Gasteiger partial charge on any atom is 0.417 e. The molecule has 0 saturated carbocycles. The van der Waals surface area contributed by atoms with Gasteiger partial charge in [0.2, 0.25) is 5.95 Å². The Hall–Kier alpha value is -2.16. The van der Waals surface area contributed by atoms with Crippen LogP contribution in [0, 0.1) is 5.95 Å². The first-order valence-corrected chi connectivity index (χ1v) is 9.14. The predicted octanol–water partition coefficient (Wildman–Crippen LogP) is 5.30. The molecule has 0 spiro atoms. The number of halogens is 5. The minimum Gasteiger partial charge on any atom is -0.314 e. The van der Waals surface area contributed by atoms with Crippen molar-refractivity contribution in [2.75, 3.05) is 5.32 Å². The molecule has 1 aromatic heterocycles. The highest BCUT2D eigenvalue weighted by atomic mass is 79.9. The third kappa shape index (κ3) is 3.18. The van der Waals surface area contributed by atoms with Crippen LogP contribution in [0.1, 0.15) is 35.6 Å². The summed E-state index contributed by atoms with van der Waals surface area (Å²) in [4.78, 5) is 18.1. The van der Waals surface area contributed by atoms with Crippen LogP contribution in [0.25, 0.3) is 0 Å². The molecule has 1 N–H and O–H groups in total. The topological polar surface area (TPSA) is 45.2 Å². The molecule has 0 radical (unpaired) electrons. The molecule has 2 unspecified atom stereocenters. The highest BCUT2D eigenvalue weighted by molar-refractivity contribution is 9.10. The number of anilines is 1. The molecular weight excluding hydrogens is 430 g/mol. The van der Waals surface area contributed by atoms with Gasteiger partial charge in [-0.25, -0.2) is 9.78 Å². The van der Waals surface area contributed by atoms with Gasteiger partial charge in [-0.2, -0.15) is 17.6 Å². The molecule has 142 valence electrons. The summed E-state index contributed by atoms with van der Waals surface area (Å²) in [6.45, 7) is 0. The fourth-order valence-corrected chi connectivity index (χ4v) is 4.54. The molecule has 4 nitrogen and oxygen atoms in total. The number of aromatic nitrogens is 1. The van der Waals surface area contributed by atoms with Crippen molar-refractivity contribution >= 4 is 27.6 Å². The zero-order chi connectivity index (χ0) is 19.3. The lowest BCUT2D eigenvalue weighted by Crippen LogP contribution is -2.44. The molecule has 2 bridgehead atoms. The number of fused-ring (bicyclic) bond motifs is 4. The third-order valence-corrected chi connectivity index (χ3v) is 5.76. The average molecular weight is 444 g/mol. The number of benzene rings is 1. The van der Waals surface area contributed by atoms with Gasteiger partial charge in [0.05, 0.1) is 11.6 Å². The summed E-state index contributed by atoms with van der Waals surface area (Å²) in [7, 11) is 0. The molecule has 9 heteroatoms. The lowest BCUT2D eigenvalue weighted by Gasteiger charge is -2.36. The number of amides is 2. The molecule has 1 aromatic carbocycles. The maximum absolute atomic E-state index is 14.0. The number of nitrogens with one attached hydrogen (secondary N) is 1. The number of nitrogens with zero attached hydrogens (tertiary/aromatic N) is 2. The standard InChI is InChI=1S/C18H14BrF4N3O/c19-14-7-9(1-3-13(14)18(21,22)23)25-17(27)26-10-2-4-15(26)11-5-6-24-16(20)12(11)8-10/h1,3,5-7,10,15H,2,4,8H2,(H,25,27). The first-order valence-electron chi connectivity index (χ1n) is 8.35. The Balaban J connectivity index is 1.57. The summed E-state index contributed by atoms with van der Waals surface area (Å²) in [6, 6.07) is 4.27. The Morgan fingerprint density at radius 2 is 2.04 bits per heavy atom. The highest BCUT2D eigenvalue weighted by Crippen LogP contribution is 2.44. The first kappa shape index (κ1) is 18.2. The largest absolute Gasteiger partial charge is 0.417 e. The van der Waals surface area contributed by atoms with Gasteiger partial charge in [0.1, 0.15) is 0 Å². The first-order chi connectivity index (χ1) is 12.8. The van der Waals surface area contributed by atoms with Gasteiger partial charge in [-0.05, 0) is 49.1 Å². The molecule has 2 aromatic rings. The molecule has 4 rings (SSSR count). The molecule has 2 aliphatic heterocycles. The van der Waals surface area contributed by atoms with E-state index in [0.29, 0.717) is 18.4 Å². The Bertz CT molecular complexity index is 918. The van der Waals surface area contributed by atoms with Gasteiger partial charge in [-0.15, -0.1) is 0 Å². The molecule has 3 heterocycles. The van der Waals surface area contributed by atoms with Gasteiger partial charge in [0.15, 0.2) is 0 Å². The van der Waals surface area contributed by atoms with Gasteiger partial charge in [0.25, 0.3) is 0 Å². The normalized spacial score (nSPS) is 21.1. The van der Waals surface area contributed by atoms with E-state index in [4.69, 9.17) is 0 Å². The molecule has 2 amide bonds. The van der Waals surface area contributed by atoms with Crippen molar-refractivity contribution in [3.63, 3.8) is 0 Å². The number of hydrogen-bond donors (Lipinski definition) is 1. The molecule has 2 aliphatic rings. The van der Waals surface area contributed by atoms with Crippen LogP contribution in [0.2, 0.25) is 0 Å². The van der Waals surface area contributed by atoms with Crippen molar-refractivity contribution in [1.82, 2.24) is 9.88 Å². The Kier molecular flexibility index (Phi) is 4.37. The van der Waals surface area contributed by atoms with Crippen molar-refractivity contribution in [2.45, 2.75) is 37.5 Å². The van der Waals surface area contributed by atoms with E-state index in [9.17, 15) is 22.4 Å². The van der Waals surface area contributed by atoms with E-state index in [1.807, 2.05) is 0 Å². The van der Waals surface area contributed by atoms with E-state index >= 15 is 0 Å². The number of alkyl halides is 3. The molecule has 27 heavy (non-hydrogen) atoms. The second-order valence-corrected chi connectivity index (χ2v) is 7.50. The molecule has 2 atom stereocenters. The number of urea groups is 1. The summed E-state index contributed by atoms with van der Waals surface area (Å²) in [5.41, 5.74) is 0.743. The number of hydrogen-bond acceptors (Lipinski definition) is 2. The van der Waals surface area contributed by atoms with E-state index in [0.717, 1.165) is 18.1 Å². The monoisotopic (exact) mass is 443 g/mol. The molecule has 1 fully saturated rings. The second kappa shape index (κ2) is 6.47. The number of carbonyl (C=O) groups is 1. The SMILES string of the molecule is O=C(Nc1ccc(C(F)(F)F)c(Br)c1)N1C2CCC1c1ccnc(F)c1C2. The number of pyridine rings is 1. The van der Waals surface area contributed by atoms with Gasteiger partial charge >= 0.3 is 12.2 Å². The molecule has 0 aliphatic carbocycles.